The number of nitrogens with two attached hydrogens (primary N) is 1. The zero-order valence-electron chi connectivity index (χ0n) is 24.5. The zero-order chi connectivity index (χ0) is 31.5. The number of carbonyl (C=O) groups excluding carboxylic acids is 3. The SMILES string of the molecule is CCOC(=O)C1=C(N)N(c2ccc(F)cc2)C2=C(C(=O)[C@H](C(=O)OCC)[C@@H](c3cccc(OC)c3)C2)[C@H]1c1cccc(Cl)c1. The minimum Gasteiger partial charge on any atom is -0.497 e. The molecule has 1 aliphatic heterocycles. The fraction of sp³-hybridized carbons (Fsp3) is 0.265. The first kappa shape index (κ1) is 30.8. The van der Waals surface area contributed by atoms with Gasteiger partial charge >= 0.3 is 11.9 Å². The van der Waals surface area contributed by atoms with Crippen LogP contribution in [0.25, 0.3) is 0 Å². The maximum atomic E-state index is 14.8. The van der Waals surface area contributed by atoms with Gasteiger partial charge in [0.25, 0.3) is 0 Å². The van der Waals surface area contributed by atoms with E-state index >= 15 is 0 Å². The Bertz CT molecular complexity index is 1670. The van der Waals surface area contributed by atoms with Gasteiger partial charge in [-0.3, -0.25) is 14.5 Å². The van der Waals surface area contributed by atoms with Crippen LogP contribution in [-0.2, 0) is 23.9 Å². The van der Waals surface area contributed by atoms with Gasteiger partial charge in [-0.2, -0.15) is 0 Å². The van der Waals surface area contributed by atoms with E-state index in [0.717, 1.165) is 0 Å². The number of halogens is 2. The lowest BCUT2D eigenvalue weighted by Gasteiger charge is -2.44. The molecule has 0 spiro atoms. The minimum atomic E-state index is -1.24. The third kappa shape index (κ3) is 5.67. The number of rotatable bonds is 8. The highest BCUT2D eigenvalue weighted by Crippen LogP contribution is 2.52. The van der Waals surface area contributed by atoms with Gasteiger partial charge in [0.15, 0.2) is 5.78 Å². The number of allylic oxidation sites excluding steroid dienone is 2. The van der Waals surface area contributed by atoms with Crippen LogP contribution in [0, 0.1) is 11.7 Å². The molecule has 0 amide bonds. The first-order valence-corrected chi connectivity index (χ1v) is 14.6. The maximum Gasteiger partial charge on any atom is 0.338 e. The fourth-order valence-corrected chi connectivity index (χ4v) is 6.23. The number of hydrogen-bond acceptors (Lipinski definition) is 8. The first-order chi connectivity index (χ1) is 21.2. The fourth-order valence-electron chi connectivity index (χ4n) is 6.03. The summed E-state index contributed by atoms with van der Waals surface area (Å²) in [5.41, 5.74) is 9.12. The van der Waals surface area contributed by atoms with Gasteiger partial charge in [0.05, 0.1) is 31.8 Å². The Balaban J connectivity index is 1.82. The molecule has 228 valence electrons. The van der Waals surface area contributed by atoms with Crippen LogP contribution in [-0.4, -0.2) is 38.0 Å². The van der Waals surface area contributed by atoms with Gasteiger partial charge in [-0.05, 0) is 79.9 Å². The largest absolute Gasteiger partial charge is 0.497 e. The summed E-state index contributed by atoms with van der Waals surface area (Å²) in [6.45, 7) is 3.46. The summed E-state index contributed by atoms with van der Waals surface area (Å²) in [7, 11) is 1.53. The molecule has 0 unspecified atom stereocenters. The van der Waals surface area contributed by atoms with Crippen LogP contribution >= 0.6 is 11.6 Å². The molecule has 2 aliphatic rings. The average Bonchev–Trinajstić information content (AvgIpc) is 3.01. The molecule has 0 fully saturated rings. The quantitative estimate of drug-likeness (QED) is 0.241. The maximum absolute atomic E-state index is 14.8. The van der Waals surface area contributed by atoms with E-state index in [1.807, 2.05) is 6.07 Å². The summed E-state index contributed by atoms with van der Waals surface area (Å²) in [4.78, 5) is 43.6. The molecule has 5 rings (SSSR count). The second kappa shape index (κ2) is 12.9. The second-order valence-corrected chi connectivity index (χ2v) is 10.8. The van der Waals surface area contributed by atoms with Gasteiger partial charge in [-0.25, -0.2) is 9.18 Å². The Labute approximate surface area is 259 Å². The van der Waals surface area contributed by atoms with Crippen LogP contribution in [0.15, 0.2) is 95.5 Å². The number of Topliss-reactive ketones (excluding diaryl/α,β-unsaturated/α-hetero) is 1. The lowest BCUT2D eigenvalue weighted by Crippen LogP contribution is -2.46. The van der Waals surface area contributed by atoms with E-state index < -0.39 is 41.3 Å². The molecule has 10 heteroatoms. The Hall–Kier alpha value is -4.63. The monoisotopic (exact) mass is 618 g/mol. The number of carbonyl (C=O) groups is 3. The molecule has 8 nitrogen and oxygen atoms in total. The van der Waals surface area contributed by atoms with Gasteiger partial charge in [0.2, 0.25) is 0 Å². The highest BCUT2D eigenvalue weighted by atomic mass is 35.5. The predicted molar refractivity (Wildman–Crippen MR) is 163 cm³/mol. The summed E-state index contributed by atoms with van der Waals surface area (Å²) < 4.78 is 30.4. The van der Waals surface area contributed by atoms with Crippen molar-refractivity contribution in [3.63, 3.8) is 0 Å². The molecule has 1 aliphatic carbocycles. The highest BCUT2D eigenvalue weighted by Gasteiger charge is 2.51. The second-order valence-electron chi connectivity index (χ2n) is 10.4. The van der Waals surface area contributed by atoms with Gasteiger partial charge in [0, 0.05) is 27.9 Å². The molecule has 3 atom stereocenters. The number of anilines is 1. The zero-order valence-corrected chi connectivity index (χ0v) is 25.3. The molecular weight excluding hydrogens is 587 g/mol. The van der Waals surface area contributed by atoms with Crippen molar-refractivity contribution in [2.75, 3.05) is 25.2 Å². The molecular formula is C34H32ClFN2O6. The molecule has 44 heavy (non-hydrogen) atoms. The summed E-state index contributed by atoms with van der Waals surface area (Å²) in [6.07, 6.45) is 0.156. The Morgan fingerprint density at radius 2 is 1.66 bits per heavy atom. The molecule has 0 bridgehead atoms. The van der Waals surface area contributed by atoms with Crippen molar-refractivity contribution in [3.8, 4) is 5.75 Å². The minimum absolute atomic E-state index is 0.00739. The van der Waals surface area contributed by atoms with E-state index in [4.69, 9.17) is 31.5 Å². The van der Waals surface area contributed by atoms with Gasteiger partial charge in [-0.1, -0.05) is 35.9 Å². The smallest absolute Gasteiger partial charge is 0.338 e. The molecule has 3 aromatic carbocycles. The van der Waals surface area contributed by atoms with Crippen molar-refractivity contribution >= 4 is 35.0 Å². The van der Waals surface area contributed by atoms with Crippen molar-refractivity contribution in [1.29, 1.82) is 0 Å². The molecule has 0 saturated heterocycles. The van der Waals surface area contributed by atoms with Gasteiger partial charge in [-0.15, -0.1) is 0 Å². The summed E-state index contributed by atoms with van der Waals surface area (Å²) in [6, 6.07) is 19.5. The Morgan fingerprint density at radius 1 is 0.977 bits per heavy atom. The van der Waals surface area contributed by atoms with Crippen LogP contribution in [0.4, 0.5) is 10.1 Å². The van der Waals surface area contributed by atoms with Crippen molar-refractivity contribution in [1.82, 2.24) is 0 Å². The van der Waals surface area contributed by atoms with Crippen LogP contribution in [0.5, 0.6) is 5.75 Å². The number of nitrogens with zero attached hydrogens (tertiary/aromatic N) is 1. The van der Waals surface area contributed by atoms with Gasteiger partial charge in [0.1, 0.15) is 23.3 Å². The van der Waals surface area contributed by atoms with E-state index in [0.29, 0.717) is 33.3 Å². The standard InChI is InChI=1S/C34H32ClFN2O6/c1-4-43-33(40)28-25(19-8-7-11-24(17-19)42-3)18-26-29(31(28)39)27(20-9-6-10-21(35)16-20)30(34(41)44-5-2)32(37)38(26)23-14-12-22(36)13-15-23/h6-17,25,27-28H,4-5,18,37H2,1-3H3/t25-,27-,28-/m1/s1. The van der Waals surface area contributed by atoms with Gasteiger partial charge < -0.3 is 19.9 Å². The van der Waals surface area contributed by atoms with E-state index in [2.05, 4.69) is 0 Å². The molecule has 3 aromatic rings. The van der Waals surface area contributed by atoms with Crippen LogP contribution < -0.4 is 15.4 Å². The van der Waals surface area contributed by atoms with Crippen molar-refractivity contribution in [2.24, 2.45) is 11.7 Å². The van der Waals surface area contributed by atoms with Crippen LogP contribution in [0.1, 0.15) is 43.2 Å². The summed E-state index contributed by atoms with van der Waals surface area (Å²) >= 11 is 6.40. The lowest BCUT2D eigenvalue weighted by molar-refractivity contribution is -0.152. The molecule has 0 saturated carbocycles. The number of hydrogen-bond donors (Lipinski definition) is 1. The third-order valence-electron chi connectivity index (χ3n) is 7.86. The van der Waals surface area contributed by atoms with E-state index in [9.17, 15) is 18.8 Å². The number of benzene rings is 3. The summed E-state index contributed by atoms with van der Waals surface area (Å²) in [5.74, 6) is -4.75. The number of ether oxygens (including phenoxy) is 3. The number of ketones is 1. The van der Waals surface area contributed by atoms with Crippen molar-refractivity contribution in [2.45, 2.75) is 32.1 Å². The van der Waals surface area contributed by atoms with Crippen molar-refractivity contribution in [3.05, 3.63) is 117 Å². The Morgan fingerprint density at radius 3 is 2.32 bits per heavy atom. The summed E-state index contributed by atoms with van der Waals surface area (Å²) in [5, 5.41) is 0.381. The molecule has 0 radical (unpaired) electrons. The topological polar surface area (TPSA) is 108 Å². The van der Waals surface area contributed by atoms with Crippen LogP contribution in [0.2, 0.25) is 5.02 Å². The molecule has 1 heterocycles. The highest BCUT2D eigenvalue weighted by molar-refractivity contribution is 6.30. The number of esters is 2. The van der Waals surface area contributed by atoms with Crippen molar-refractivity contribution < 1.29 is 33.0 Å². The normalized spacial score (nSPS) is 19.9. The third-order valence-corrected chi connectivity index (χ3v) is 8.10. The van der Waals surface area contributed by atoms with E-state index in [-0.39, 0.29) is 36.6 Å². The molecule has 0 aromatic heterocycles. The molecule has 2 N–H and O–H groups in total. The van der Waals surface area contributed by atoms with E-state index in [1.165, 1.54) is 31.4 Å². The number of methoxy groups -OCH3 is 1. The Kier molecular flexibility index (Phi) is 9.06. The van der Waals surface area contributed by atoms with E-state index in [1.54, 1.807) is 61.2 Å². The lowest BCUT2D eigenvalue weighted by atomic mass is 9.67. The predicted octanol–water partition coefficient (Wildman–Crippen LogP) is 6.01. The first-order valence-electron chi connectivity index (χ1n) is 14.3. The average molecular weight is 619 g/mol. The van der Waals surface area contributed by atoms with Crippen LogP contribution in [0.3, 0.4) is 0 Å².